The zero-order chi connectivity index (χ0) is 14.4. The molecule has 1 aliphatic rings. The number of thiophene rings is 1. The highest BCUT2D eigenvalue weighted by molar-refractivity contribution is 7.10. The van der Waals surface area contributed by atoms with Gasteiger partial charge in [-0.3, -0.25) is 9.69 Å². The molecule has 0 saturated carbocycles. The minimum atomic E-state index is 0.0750. The van der Waals surface area contributed by atoms with Crippen molar-refractivity contribution in [3.05, 3.63) is 28.5 Å². The van der Waals surface area contributed by atoms with E-state index in [0.717, 1.165) is 31.1 Å². The highest BCUT2D eigenvalue weighted by atomic mass is 32.1. The Morgan fingerprint density at radius 2 is 2.25 bits per heavy atom. The van der Waals surface area contributed by atoms with E-state index in [1.807, 2.05) is 28.5 Å². The van der Waals surface area contributed by atoms with Gasteiger partial charge in [-0.15, -0.1) is 11.3 Å². The number of hydrogen-bond donors (Lipinski definition) is 0. The third kappa shape index (κ3) is 3.92. The smallest absolute Gasteiger partial charge is 0.246 e. The maximum absolute atomic E-state index is 12.1. The van der Waals surface area contributed by atoms with Gasteiger partial charge in [0.1, 0.15) is 0 Å². The molecule has 0 aliphatic carbocycles. The van der Waals surface area contributed by atoms with Gasteiger partial charge in [0.25, 0.3) is 0 Å². The molecule has 1 amide bonds. The largest absolute Gasteiger partial charge is 0.337 e. The molecule has 2 rings (SSSR count). The van der Waals surface area contributed by atoms with E-state index < -0.39 is 0 Å². The molecule has 1 aliphatic heterocycles. The van der Waals surface area contributed by atoms with Crippen LogP contribution in [0.5, 0.6) is 0 Å². The first-order valence-electron chi connectivity index (χ1n) is 6.82. The maximum Gasteiger partial charge on any atom is 0.246 e. The molecule has 5 heteroatoms. The van der Waals surface area contributed by atoms with Crippen LogP contribution in [0.1, 0.15) is 18.2 Å². The Bertz CT molecular complexity index is 496. The molecule has 0 bridgehead atoms. The number of rotatable bonds is 4. The van der Waals surface area contributed by atoms with E-state index >= 15 is 0 Å². The molecule has 1 aromatic heterocycles. The summed E-state index contributed by atoms with van der Waals surface area (Å²) in [4.78, 5) is 17.3. The molecule has 0 unspecified atom stereocenters. The van der Waals surface area contributed by atoms with Crippen LogP contribution >= 0.6 is 11.3 Å². The van der Waals surface area contributed by atoms with Crippen LogP contribution in [0.15, 0.2) is 23.6 Å². The van der Waals surface area contributed by atoms with E-state index in [1.54, 1.807) is 17.4 Å². The number of amides is 1. The van der Waals surface area contributed by atoms with E-state index in [0.29, 0.717) is 6.42 Å². The Morgan fingerprint density at radius 1 is 1.50 bits per heavy atom. The monoisotopic (exact) mass is 289 g/mol. The van der Waals surface area contributed by atoms with Crippen molar-refractivity contribution in [2.75, 3.05) is 26.2 Å². The van der Waals surface area contributed by atoms with Crippen molar-refractivity contribution < 1.29 is 4.79 Å². The molecule has 0 radical (unpaired) electrons. The predicted octanol–water partition coefficient (Wildman–Crippen LogP) is 2.21. The summed E-state index contributed by atoms with van der Waals surface area (Å²) in [5, 5.41) is 10.7. The summed E-state index contributed by atoms with van der Waals surface area (Å²) in [5.74, 6) is 0.0750. The molecule has 2 heterocycles. The first-order valence-corrected chi connectivity index (χ1v) is 7.70. The third-order valence-corrected chi connectivity index (χ3v) is 4.41. The Labute approximate surface area is 123 Å². The molecule has 1 saturated heterocycles. The molecule has 0 N–H and O–H groups in total. The fourth-order valence-corrected chi connectivity index (χ4v) is 2.91. The SMILES string of the molecule is C[C@@H](CC#N)N1CCN(C(=O)/C=C/c2cccs2)CC1. The van der Waals surface area contributed by atoms with Crippen molar-refractivity contribution in [1.82, 2.24) is 9.80 Å². The second-order valence-corrected chi connectivity index (χ2v) is 5.90. The molecule has 0 aromatic carbocycles. The first kappa shape index (κ1) is 14.8. The van der Waals surface area contributed by atoms with Crippen molar-refractivity contribution in [1.29, 1.82) is 5.26 Å². The molecule has 1 atom stereocenters. The van der Waals surface area contributed by atoms with Crippen LogP contribution in [0.3, 0.4) is 0 Å². The van der Waals surface area contributed by atoms with E-state index in [4.69, 9.17) is 5.26 Å². The summed E-state index contributed by atoms with van der Waals surface area (Å²) in [7, 11) is 0. The van der Waals surface area contributed by atoms with Gasteiger partial charge < -0.3 is 4.90 Å². The number of carbonyl (C=O) groups excluding carboxylic acids is 1. The number of piperazine rings is 1. The van der Waals surface area contributed by atoms with Gasteiger partial charge >= 0.3 is 0 Å². The summed E-state index contributed by atoms with van der Waals surface area (Å²) in [5.41, 5.74) is 0. The van der Waals surface area contributed by atoms with Gasteiger partial charge in [0.15, 0.2) is 0 Å². The second kappa shape index (κ2) is 7.22. The lowest BCUT2D eigenvalue weighted by atomic mass is 10.2. The summed E-state index contributed by atoms with van der Waals surface area (Å²) in [6.45, 7) is 5.24. The van der Waals surface area contributed by atoms with E-state index in [9.17, 15) is 4.79 Å². The van der Waals surface area contributed by atoms with Gasteiger partial charge in [-0.2, -0.15) is 5.26 Å². The maximum atomic E-state index is 12.1. The van der Waals surface area contributed by atoms with Gasteiger partial charge in [0.05, 0.1) is 12.5 Å². The minimum Gasteiger partial charge on any atom is -0.337 e. The minimum absolute atomic E-state index is 0.0750. The van der Waals surface area contributed by atoms with Crippen molar-refractivity contribution >= 4 is 23.3 Å². The van der Waals surface area contributed by atoms with Crippen LogP contribution in [0.4, 0.5) is 0 Å². The number of nitriles is 1. The number of carbonyl (C=O) groups is 1. The van der Waals surface area contributed by atoms with Crippen LogP contribution in [0.2, 0.25) is 0 Å². The zero-order valence-corrected chi connectivity index (χ0v) is 12.5. The number of hydrogen-bond acceptors (Lipinski definition) is 4. The molecule has 4 nitrogen and oxygen atoms in total. The average molecular weight is 289 g/mol. The van der Waals surface area contributed by atoms with Crippen molar-refractivity contribution in [2.45, 2.75) is 19.4 Å². The summed E-state index contributed by atoms with van der Waals surface area (Å²) in [6.07, 6.45) is 4.07. The normalized spacial score (nSPS) is 18.1. The lowest BCUT2D eigenvalue weighted by Crippen LogP contribution is -2.50. The molecule has 20 heavy (non-hydrogen) atoms. The molecule has 106 valence electrons. The Morgan fingerprint density at radius 3 is 2.85 bits per heavy atom. The highest BCUT2D eigenvalue weighted by Crippen LogP contribution is 2.12. The quantitative estimate of drug-likeness (QED) is 0.798. The van der Waals surface area contributed by atoms with Gasteiger partial charge in [-0.1, -0.05) is 6.07 Å². The molecule has 1 fully saturated rings. The van der Waals surface area contributed by atoms with Gasteiger partial charge in [-0.25, -0.2) is 0 Å². The van der Waals surface area contributed by atoms with Crippen LogP contribution < -0.4 is 0 Å². The van der Waals surface area contributed by atoms with Crippen molar-refractivity contribution in [3.63, 3.8) is 0 Å². The average Bonchev–Trinajstić information content (AvgIpc) is 2.98. The van der Waals surface area contributed by atoms with Gasteiger partial charge in [-0.05, 0) is 24.4 Å². The Kier molecular flexibility index (Phi) is 5.33. The first-order chi connectivity index (χ1) is 9.70. The van der Waals surface area contributed by atoms with Gasteiger partial charge in [0, 0.05) is 43.2 Å². The second-order valence-electron chi connectivity index (χ2n) is 4.92. The zero-order valence-electron chi connectivity index (χ0n) is 11.7. The van der Waals surface area contributed by atoms with Crippen LogP contribution in [0, 0.1) is 11.3 Å². The highest BCUT2D eigenvalue weighted by Gasteiger charge is 2.22. The molecular weight excluding hydrogens is 270 g/mol. The predicted molar refractivity (Wildman–Crippen MR) is 81.2 cm³/mol. The fourth-order valence-electron chi connectivity index (χ4n) is 2.29. The molecule has 0 spiro atoms. The summed E-state index contributed by atoms with van der Waals surface area (Å²) < 4.78 is 0. The fraction of sp³-hybridized carbons (Fsp3) is 0.467. The third-order valence-electron chi connectivity index (χ3n) is 3.57. The lowest BCUT2D eigenvalue weighted by molar-refractivity contribution is -0.127. The Balaban J connectivity index is 1.81. The van der Waals surface area contributed by atoms with Crippen LogP contribution in [0.25, 0.3) is 6.08 Å². The molecule has 1 aromatic rings. The van der Waals surface area contributed by atoms with E-state index in [1.165, 1.54) is 0 Å². The summed E-state index contributed by atoms with van der Waals surface area (Å²) >= 11 is 1.62. The summed E-state index contributed by atoms with van der Waals surface area (Å²) in [6, 6.07) is 6.45. The van der Waals surface area contributed by atoms with Gasteiger partial charge in [0.2, 0.25) is 5.91 Å². The number of nitrogens with zero attached hydrogens (tertiary/aromatic N) is 3. The van der Waals surface area contributed by atoms with Crippen LogP contribution in [-0.4, -0.2) is 47.9 Å². The van der Waals surface area contributed by atoms with E-state index in [-0.39, 0.29) is 11.9 Å². The van der Waals surface area contributed by atoms with Crippen molar-refractivity contribution in [3.8, 4) is 6.07 Å². The topological polar surface area (TPSA) is 47.3 Å². The molecular formula is C15H19N3OS. The Hall–Kier alpha value is -1.64. The van der Waals surface area contributed by atoms with Crippen molar-refractivity contribution in [2.24, 2.45) is 0 Å². The van der Waals surface area contributed by atoms with E-state index in [2.05, 4.69) is 17.9 Å². The standard InChI is InChI=1S/C15H19N3OS/c1-13(6-7-16)17-8-10-18(11-9-17)15(19)5-4-14-3-2-12-20-14/h2-5,12-13H,6,8-11H2,1H3/b5-4+/t13-/m0/s1. The van der Waals surface area contributed by atoms with Crippen LogP contribution in [-0.2, 0) is 4.79 Å². The lowest BCUT2D eigenvalue weighted by Gasteiger charge is -2.37.